The lowest BCUT2D eigenvalue weighted by Crippen LogP contribution is -1.90. The van der Waals surface area contributed by atoms with Gasteiger partial charge in [-0.1, -0.05) is 30.3 Å². The van der Waals surface area contributed by atoms with Crippen molar-refractivity contribution in [3.05, 3.63) is 48.8 Å². The molecule has 1 N–H and O–H groups in total. The van der Waals surface area contributed by atoms with Gasteiger partial charge in [0.15, 0.2) is 11.6 Å². The Morgan fingerprint density at radius 2 is 1.95 bits per heavy atom. The standard InChI is InChI=1S/C14H12N4O/c1-19-12-9-15-8-7-11(12)14-16-13(17-18-14)10-5-3-2-4-6-10/h2-9H,1H3,(H,16,17,18). The van der Waals surface area contributed by atoms with Gasteiger partial charge in [0.2, 0.25) is 0 Å². The number of nitrogens with zero attached hydrogens (tertiary/aromatic N) is 3. The third-order valence-electron chi connectivity index (χ3n) is 2.78. The minimum absolute atomic E-state index is 0.662. The van der Waals surface area contributed by atoms with Crippen LogP contribution in [0.2, 0.25) is 0 Å². The van der Waals surface area contributed by atoms with Crippen molar-refractivity contribution in [1.82, 2.24) is 20.2 Å². The van der Waals surface area contributed by atoms with Crippen LogP contribution in [0.4, 0.5) is 0 Å². The number of hydrogen-bond acceptors (Lipinski definition) is 4. The summed E-state index contributed by atoms with van der Waals surface area (Å²) in [6, 6.07) is 11.7. The van der Waals surface area contributed by atoms with Crippen LogP contribution in [-0.2, 0) is 0 Å². The first-order chi connectivity index (χ1) is 9.38. The largest absolute Gasteiger partial charge is 0.494 e. The van der Waals surface area contributed by atoms with Gasteiger partial charge in [0.25, 0.3) is 0 Å². The summed E-state index contributed by atoms with van der Waals surface area (Å²) in [4.78, 5) is 8.50. The van der Waals surface area contributed by atoms with Crippen molar-refractivity contribution in [3.63, 3.8) is 0 Å². The van der Waals surface area contributed by atoms with Gasteiger partial charge in [-0.3, -0.25) is 10.1 Å². The Balaban J connectivity index is 2.02. The summed E-state index contributed by atoms with van der Waals surface area (Å²) < 4.78 is 5.26. The first-order valence-corrected chi connectivity index (χ1v) is 5.84. The summed E-state index contributed by atoms with van der Waals surface area (Å²) in [5.41, 5.74) is 1.81. The second kappa shape index (κ2) is 4.89. The number of nitrogens with one attached hydrogen (secondary N) is 1. The number of methoxy groups -OCH3 is 1. The van der Waals surface area contributed by atoms with E-state index in [-0.39, 0.29) is 0 Å². The van der Waals surface area contributed by atoms with E-state index < -0.39 is 0 Å². The quantitative estimate of drug-likeness (QED) is 0.778. The van der Waals surface area contributed by atoms with Crippen LogP contribution in [0.5, 0.6) is 5.75 Å². The highest BCUT2D eigenvalue weighted by molar-refractivity contribution is 5.65. The Kier molecular flexibility index (Phi) is 2.94. The van der Waals surface area contributed by atoms with Crippen LogP contribution in [0.25, 0.3) is 22.8 Å². The fourth-order valence-corrected chi connectivity index (χ4v) is 1.84. The Bertz CT molecular complexity index is 679. The fraction of sp³-hybridized carbons (Fsp3) is 0.0714. The molecule has 0 atom stereocenters. The molecule has 0 saturated heterocycles. The molecular formula is C14H12N4O. The third kappa shape index (κ3) is 2.18. The van der Waals surface area contributed by atoms with E-state index in [4.69, 9.17) is 4.74 Å². The van der Waals surface area contributed by atoms with E-state index in [0.29, 0.717) is 17.4 Å². The van der Waals surface area contributed by atoms with Crippen LogP contribution < -0.4 is 4.74 Å². The number of aromatic nitrogens is 4. The third-order valence-corrected chi connectivity index (χ3v) is 2.78. The smallest absolute Gasteiger partial charge is 0.181 e. The lowest BCUT2D eigenvalue weighted by molar-refractivity contribution is 0.414. The van der Waals surface area contributed by atoms with Crippen molar-refractivity contribution >= 4 is 0 Å². The number of ether oxygens (including phenoxy) is 1. The molecule has 0 unspecified atom stereocenters. The van der Waals surface area contributed by atoms with E-state index in [1.54, 1.807) is 19.5 Å². The number of pyridine rings is 1. The maximum Gasteiger partial charge on any atom is 0.181 e. The maximum absolute atomic E-state index is 5.26. The highest BCUT2D eigenvalue weighted by Crippen LogP contribution is 2.27. The molecule has 94 valence electrons. The van der Waals surface area contributed by atoms with Gasteiger partial charge in [-0.15, -0.1) is 0 Å². The van der Waals surface area contributed by atoms with Crippen LogP contribution in [0, 0.1) is 0 Å². The average Bonchev–Trinajstić information content (AvgIpc) is 2.98. The zero-order valence-electron chi connectivity index (χ0n) is 10.4. The van der Waals surface area contributed by atoms with Crippen molar-refractivity contribution < 1.29 is 4.74 Å². The SMILES string of the molecule is COc1cnccc1-c1nc(-c2ccccc2)n[nH]1. The Morgan fingerprint density at radius 1 is 1.11 bits per heavy atom. The van der Waals surface area contributed by atoms with E-state index in [2.05, 4.69) is 20.2 Å². The Morgan fingerprint density at radius 3 is 2.74 bits per heavy atom. The molecule has 1 aromatic carbocycles. The summed E-state index contributed by atoms with van der Waals surface area (Å²) >= 11 is 0. The summed E-state index contributed by atoms with van der Waals surface area (Å²) in [6.07, 6.45) is 3.35. The van der Waals surface area contributed by atoms with Gasteiger partial charge in [-0.2, -0.15) is 5.10 Å². The monoisotopic (exact) mass is 252 g/mol. The molecule has 2 heterocycles. The molecule has 19 heavy (non-hydrogen) atoms. The van der Waals surface area contributed by atoms with Crippen LogP contribution >= 0.6 is 0 Å². The molecule has 0 amide bonds. The van der Waals surface area contributed by atoms with Gasteiger partial charge < -0.3 is 4.74 Å². The molecule has 0 aliphatic carbocycles. The van der Waals surface area contributed by atoms with Gasteiger partial charge in [0, 0.05) is 11.8 Å². The molecule has 5 heteroatoms. The van der Waals surface area contributed by atoms with Crippen molar-refractivity contribution in [2.75, 3.05) is 7.11 Å². The predicted octanol–water partition coefficient (Wildman–Crippen LogP) is 2.54. The summed E-state index contributed by atoms with van der Waals surface area (Å²) in [6.45, 7) is 0. The topological polar surface area (TPSA) is 63.7 Å². The molecule has 0 spiro atoms. The van der Waals surface area contributed by atoms with Gasteiger partial charge in [-0.05, 0) is 6.07 Å². The highest BCUT2D eigenvalue weighted by Gasteiger charge is 2.11. The Hall–Kier alpha value is -2.69. The summed E-state index contributed by atoms with van der Waals surface area (Å²) in [5, 5.41) is 7.15. The minimum Gasteiger partial charge on any atom is -0.494 e. The normalized spacial score (nSPS) is 10.4. The summed E-state index contributed by atoms with van der Waals surface area (Å²) in [7, 11) is 1.61. The highest BCUT2D eigenvalue weighted by atomic mass is 16.5. The minimum atomic E-state index is 0.662. The van der Waals surface area contributed by atoms with E-state index in [1.807, 2.05) is 36.4 Å². The second-order valence-electron chi connectivity index (χ2n) is 3.95. The lowest BCUT2D eigenvalue weighted by atomic mass is 10.2. The van der Waals surface area contributed by atoms with Crippen LogP contribution in [0.1, 0.15) is 0 Å². The average molecular weight is 252 g/mol. The second-order valence-corrected chi connectivity index (χ2v) is 3.95. The number of H-pyrrole nitrogens is 1. The van der Waals surface area contributed by atoms with Gasteiger partial charge in [0.1, 0.15) is 5.75 Å². The molecule has 0 bridgehead atoms. The molecule has 0 fully saturated rings. The van der Waals surface area contributed by atoms with Crippen LogP contribution in [-0.4, -0.2) is 27.3 Å². The van der Waals surface area contributed by atoms with E-state index in [0.717, 1.165) is 11.1 Å². The zero-order valence-corrected chi connectivity index (χ0v) is 10.4. The van der Waals surface area contributed by atoms with E-state index in [1.165, 1.54) is 0 Å². The first kappa shape index (κ1) is 11.4. The molecule has 5 nitrogen and oxygen atoms in total. The summed E-state index contributed by atoms with van der Waals surface area (Å²) in [5.74, 6) is 1.99. The van der Waals surface area contributed by atoms with Gasteiger partial charge >= 0.3 is 0 Å². The predicted molar refractivity (Wildman–Crippen MR) is 71.6 cm³/mol. The molecule has 0 saturated carbocycles. The van der Waals surface area contributed by atoms with Crippen LogP contribution in [0.15, 0.2) is 48.8 Å². The van der Waals surface area contributed by atoms with Crippen molar-refractivity contribution in [1.29, 1.82) is 0 Å². The van der Waals surface area contributed by atoms with Gasteiger partial charge in [-0.25, -0.2) is 4.98 Å². The Labute approximate surface area is 110 Å². The maximum atomic E-state index is 5.26. The number of benzene rings is 1. The van der Waals surface area contributed by atoms with Gasteiger partial charge in [0.05, 0.1) is 18.9 Å². The van der Waals surface area contributed by atoms with Crippen molar-refractivity contribution in [2.45, 2.75) is 0 Å². The fourth-order valence-electron chi connectivity index (χ4n) is 1.84. The molecule has 2 aromatic heterocycles. The number of hydrogen-bond donors (Lipinski definition) is 1. The molecule has 0 aliphatic heterocycles. The molecule has 3 rings (SSSR count). The van der Waals surface area contributed by atoms with Crippen molar-refractivity contribution in [3.8, 4) is 28.5 Å². The number of rotatable bonds is 3. The van der Waals surface area contributed by atoms with Crippen molar-refractivity contribution in [2.24, 2.45) is 0 Å². The molecule has 3 aromatic rings. The van der Waals surface area contributed by atoms with E-state index >= 15 is 0 Å². The molecule has 0 aliphatic rings. The molecule has 0 radical (unpaired) electrons. The first-order valence-electron chi connectivity index (χ1n) is 5.84. The van der Waals surface area contributed by atoms with E-state index in [9.17, 15) is 0 Å². The molecular weight excluding hydrogens is 240 g/mol. The lowest BCUT2D eigenvalue weighted by Gasteiger charge is -2.03. The van der Waals surface area contributed by atoms with Crippen LogP contribution in [0.3, 0.4) is 0 Å². The number of aromatic amines is 1. The zero-order chi connectivity index (χ0) is 13.1.